The van der Waals surface area contributed by atoms with Gasteiger partial charge in [0.1, 0.15) is 0 Å². The average Bonchev–Trinajstić information content (AvgIpc) is 3.04. The normalized spacial score (nSPS) is 11.3. The fourth-order valence-corrected chi connectivity index (χ4v) is 4.05. The highest BCUT2D eigenvalue weighted by molar-refractivity contribution is 7.22. The number of pyridine rings is 1. The molecule has 0 aliphatic carbocycles. The van der Waals surface area contributed by atoms with Gasteiger partial charge < -0.3 is 0 Å². The number of rotatable bonds is 1. The third-order valence-electron chi connectivity index (χ3n) is 3.04. The van der Waals surface area contributed by atoms with Gasteiger partial charge in [-0.1, -0.05) is 18.2 Å². The molecule has 3 aromatic heterocycles. The number of aromatic nitrogens is 1. The number of hydrogen-bond donors (Lipinski definition) is 0. The zero-order chi connectivity index (χ0) is 11.9. The molecule has 0 fully saturated rings. The molecular formula is C15H9NS2. The first-order chi connectivity index (χ1) is 8.92. The molecule has 0 N–H and O–H groups in total. The van der Waals surface area contributed by atoms with E-state index in [-0.39, 0.29) is 0 Å². The third-order valence-corrected chi connectivity index (χ3v) is 5.04. The van der Waals surface area contributed by atoms with Crippen molar-refractivity contribution in [3.05, 3.63) is 54.0 Å². The molecule has 18 heavy (non-hydrogen) atoms. The van der Waals surface area contributed by atoms with Gasteiger partial charge in [0.25, 0.3) is 0 Å². The van der Waals surface area contributed by atoms with E-state index in [2.05, 4.69) is 52.8 Å². The van der Waals surface area contributed by atoms with E-state index in [0.29, 0.717) is 0 Å². The molecule has 86 valence electrons. The Hall–Kier alpha value is -1.71. The lowest BCUT2D eigenvalue weighted by atomic mass is 10.2. The Morgan fingerprint density at radius 3 is 2.83 bits per heavy atom. The van der Waals surface area contributed by atoms with Crippen molar-refractivity contribution >= 4 is 42.8 Å². The molecule has 0 spiro atoms. The molecule has 0 saturated carbocycles. The van der Waals surface area contributed by atoms with Crippen LogP contribution in [-0.4, -0.2) is 4.98 Å². The van der Waals surface area contributed by atoms with Gasteiger partial charge in [0.15, 0.2) is 0 Å². The van der Waals surface area contributed by atoms with Gasteiger partial charge in [-0.15, -0.1) is 22.7 Å². The SMILES string of the molecule is c1ccc2sc(-c3nccc4sccc34)cc2c1. The van der Waals surface area contributed by atoms with Crippen LogP contribution < -0.4 is 0 Å². The molecule has 0 aliphatic rings. The molecule has 1 aromatic carbocycles. The Bertz CT molecular complexity index is 809. The maximum absolute atomic E-state index is 4.56. The van der Waals surface area contributed by atoms with Gasteiger partial charge in [-0.05, 0) is 35.0 Å². The second-order valence-corrected chi connectivity index (χ2v) is 6.17. The monoisotopic (exact) mass is 267 g/mol. The lowest BCUT2D eigenvalue weighted by molar-refractivity contribution is 1.38. The van der Waals surface area contributed by atoms with Crippen molar-refractivity contribution < 1.29 is 0 Å². The second-order valence-electron chi connectivity index (χ2n) is 4.14. The molecule has 3 heteroatoms. The molecule has 0 amide bonds. The van der Waals surface area contributed by atoms with Crippen LogP contribution in [0.3, 0.4) is 0 Å². The number of nitrogens with zero attached hydrogens (tertiary/aromatic N) is 1. The van der Waals surface area contributed by atoms with Crippen LogP contribution in [0.15, 0.2) is 54.0 Å². The first kappa shape index (κ1) is 10.2. The summed E-state index contributed by atoms with van der Waals surface area (Å²) in [6, 6.07) is 15.0. The standard InChI is InChI=1S/C15H9NS2/c1-2-4-12-10(3-1)9-14(18-12)15-11-6-8-17-13(11)5-7-16-15/h1-9H. The molecule has 0 unspecified atom stereocenters. The highest BCUT2D eigenvalue weighted by Gasteiger charge is 2.09. The summed E-state index contributed by atoms with van der Waals surface area (Å²) in [5, 5.41) is 4.68. The van der Waals surface area contributed by atoms with Gasteiger partial charge >= 0.3 is 0 Å². The van der Waals surface area contributed by atoms with E-state index in [0.717, 1.165) is 5.69 Å². The van der Waals surface area contributed by atoms with Gasteiger partial charge in [0.2, 0.25) is 0 Å². The van der Waals surface area contributed by atoms with Crippen LogP contribution in [0.2, 0.25) is 0 Å². The minimum atomic E-state index is 1.11. The van der Waals surface area contributed by atoms with Gasteiger partial charge in [0, 0.05) is 21.0 Å². The van der Waals surface area contributed by atoms with Crippen LogP contribution in [-0.2, 0) is 0 Å². The van der Waals surface area contributed by atoms with Gasteiger partial charge in [-0.25, -0.2) is 0 Å². The summed E-state index contributed by atoms with van der Waals surface area (Å²) in [6.07, 6.45) is 1.90. The Morgan fingerprint density at radius 1 is 0.944 bits per heavy atom. The number of fused-ring (bicyclic) bond motifs is 2. The molecule has 0 saturated heterocycles. The summed E-state index contributed by atoms with van der Waals surface area (Å²) < 4.78 is 2.62. The molecule has 1 nitrogen and oxygen atoms in total. The van der Waals surface area contributed by atoms with E-state index in [1.807, 2.05) is 17.5 Å². The molecule has 4 aromatic rings. The van der Waals surface area contributed by atoms with E-state index in [1.165, 1.54) is 25.0 Å². The lowest BCUT2D eigenvalue weighted by Gasteiger charge is -1.97. The Morgan fingerprint density at radius 2 is 1.89 bits per heavy atom. The number of thiophene rings is 2. The van der Waals surface area contributed by atoms with Crippen LogP contribution >= 0.6 is 22.7 Å². The molecule has 0 aliphatic heterocycles. The summed E-state index contributed by atoms with van der Waals surface area (Å²) in [7, 11) is 0. The average molecular weight is 267 g/mol. The zero-order valence-corrected chi connectivity index (χ0v) is 11.1. The molecular weight excluding hydrogens is 258 g/mol. The summed E-state index contributed by atoms with van der Waals surface area (Å²) in [5.74, 6) is 0. The molecule has 3 heterocycles. The fraction of sp³-hybridized carbons (Fsp3) is 0. The minimum Gasteiger partial charge on any atom is -0.255 e. The van der Waals surface area contributed by atoms with Crippen molar-refractivity contribution in [2.45, 2.75) is 0 Å². The fourth-order valence-electron chi connectivity index (χ4n) is 2.19. The van der Waals surface area contributed by atoms with E-state index < -0.39 is 0 Å². The third kappa shape index (κ3) is 1.48. The van der Waals surface area contributed by atoms with E-state index in [1.54, 1.807) is 11.3 Å². The smallest absolute Gasteiger partial charge is 0.0888 e. The second kappa shape index (κ2) is 3.90. The topological polar surface area (TPSA) is 12.9 Å². The summed E-state index contributed by atoms with van der Waals surface area (Å²) in [4.78, 5) is 5.81. The maximum Gasteiger partial charge on any atom is 0.0888 e. The van der Waals surface area contributed by atoms with Crippen LogP contribution in [0, 0.1) is 0 Å². The van der Waals surface area contributed by atoms with Gasteiger partial charge in [-0.2, -0.15) is 0 Å². The van der Waals surface area contributed by atoms with Crippen molar-refractivity contribution in [3.8, 4) is 10.6 Å². The Labute approximate surface area is 112 Å². The molecule has 0 bridgehead atoms. The largest absolute Gasteiger partial charge is 0.255 e. The highest BCUT2D eigenvalue weighted by Crippen LogP contribution is 2.36. The van der Waals surface area contributed by atoms with E-state index in [9.17, 15) is 0 Å². The summed E-state index contributed by atoms with van der Waals surface area (Å²) >= 11 is 3.58. The highest BCUT2D eigenvalue weighted by atomic mass is 32.1. The quantitative estimate of drug-likeness (QED) is 0.463. The molecule has 0 radical (unpaired) electrons. The first-order valence-corrected chi connectivity index (χ1v) is 7.42. The van der Waals surface area contributed by atoms with E-state index in [4.69, 9.17) is 0 Å². The van der Waals surface area contributed by atoms with E-state index >= 15 is 0 Å². The molecule has 0 atom stereocenters. The van der Waals surface area contributed by atoms with Gasteiger partial charge in [0.05, 0.1) is 10.6 Å². The lowest BCUT2D eigenvalue weighted by Crippen LogP contribution is -1.78. The predicted molar refractivity (Wildman–Crippen MR) is 80.4 cm³/mol. The Kier molecular flexibility index (Phi) is 2.22. The number of hydrogen-bond acceptors (Lipinski definition) is 3. The molecule has 4 rings (SSSR count). The van der Waals surface area contributed by atoms with Crippen molar-refractivity contribution in [3.63, 3.8) is 0 Å². The van der Waals surface area contributed by atoms with Crippen LogP contribution in [0.1, 0.15) is 0 Å². The summed E-state index contributed by atoms with van der Waals surface area (Å²) in [6.45, 7) is 0. The van der Waals surface area contributed by atoms with Crippen LogP contribution in [0.5, 0.6) is 0 Å². The van der Waals surface area contributed by atoms with Crippen LogP contribution in [0.4, 0.5) is 0 Å². The van der Waals surface area contributed by atoms with Gasteiger partial charge in [-0.3, -0.25) is 4.98 Å². The first-order valence-electron chi connectivity index (χ1n) is 5.73. The van der Waals surface area contributed by atoms with Crippen molar-refractivity contribution in [1.29, 1.82) is 0 Å². The summed E-state index contributed by atoms with van der Waals surface area (Å²) in [5.41, 5.74) is 1.11. The van der Waals surface area contributed by atoms with Crippen molar-refractivity contribution in [1.82, 2.24) is 4.98 Å². The zero-order valence-electron chi connectivity index (χ0n) is 9.46. The maximum atomic E-state index is 4.56. The van der Waals surface area contributed by atoms with Crippen LogP contribution in [0.25, 0.3) is 30.7 Å². The minimum absolute atomic E-state index is 1.11. The van der Waals surface area contributed by atoms with Crippen molar-refractivity contribution in [2.75, 3.05) is 0 Å². The van der Waals surface area contributed by atoms with Crippen molar-refractivity contribution in [2.24, 2.45) is 0 Å². The predicted octanol–water partition coefficient (Wildman–Crippen LogP) is 5.18. The number of benzene rings is 1. The Balaban J connectivity index is 2.04.